The third-order valence-corrected chi connectivity index (χ3v) is 4.16. The predicted molar refractivity (Wildman–Crippen MR) is 68.1 cm³/mol. The normalized spacial score (nSPS) is 19.4. The van der Waals surface area contributed by atoms with Gasteiger partial charge in [0.2, 0.25) is 0 Å². The molecule has 0 aliphatic heterocycles. The van der Waals surface area contributed by atoms with Gasteiger partial charge in [-0.2, -0.15) is 0 Å². The summed E-state index contributed by atoms with van der Waals surface area (Å²) in [6, 6.07) is 0.794. The van der Waals surface area contributed by atoms with Gasteiger partial charge in [0, 0.05) is 11.6 Å². The fourth-order valence-corrected chi connectivity index (χ4v) is 2.50. The Kier molecular flexibility index (Phi) is 3.86. The molecule has 0 bridgehead atoms. The lowest BCUT2D eigenvalue weighted by Crippen LogP contribution is -2.51. The molecule has 1 fully saturated rings. The monoisotopic (exact) mass is 211 g/mol. The standard InChI is InChI=1S/C14H29N/c1-11(2)13(3,4)10-14(5,6)15-12-8-7-9-12/h11-12,15H,7-10H2,1-6H3. The van der Waals surface area contributed by atoms with Crippen molar-refractivity contribution in [3.8, 4) is 0 Å². The van der Waals surface area contributed by atoms with Gasteiger partial charge >= 0.3 is 0 Å². The summed E-state index contributed by atoms with van der Waals surface area (Å²) in [5, 5.41) is 3.80. The molecule has 0 aromatic rings. The van der Waals surface area contributed by atoms with Crippen LogP contribution in [0.1, 0.15) is 67.2 Å². The summed E-state index contributed by atoms with van der Waals surface area (Å²) < 4.78 is 0. The van der Waals surface area contributed by atoms with Crippen LogP contribution in [0.4, 0.5) is 0 Å². The molecule has 0 radical (unpaired) electrons. The Hall–Kier alpha value is -0.0400. The number of hydrogen-bond acceptors (Lipinski definition) is 1. The molecule has 0 heterocycles. The first-order chi connectivity index (χ1) is 6.73. The van der Waals surface area contributed by atoms with Crippen molar-refractivity contribution in [3.05, 3.63) is 0 Å². The molecule has 1 nitrogen and oxygen atoms in total. The van der Waals surface area contributed by atoms with E-state index in [0.717, 1.165) is 12.0 Å². The zero-order valence-electron chi connectivity index (χ0n) is 11.5. The quantitative estimate of drug-likeness (QED) is 0.725. The highest BCUT2D eigenvalue weighted by Gasteiger charge is 2.33. The van der Waals surface area contributed by atoms with Crippen LogP contribution in [0, 0.1) is 11.3 Å². The first-order valence-corrected chi connectivity index (χ1v) is 6.51. The average molecular weight is 211 g/mol. The molecule has 1 aliphatic carbocycles. The van der Waals surface area contributed by atoms with Gasteiger partial charge in [-0.25, -0.2) is 0 Å². The Morgan fingerprint density at radius 2 is 1.67 bits per heavy atom. The van der Waals surface area contributed by atoms with Crippen LogP contribution in [0.25, 0.3) is 0 Å². The minimum absolute atomic E-state index is 0.291. The van der Waals surface area contributed by atoms with Gasteiger partial charge in [-0.1, -0.05) is 34.1 Å². The first kappa shape index (κ1) is 13.0. The van der Waals surface area contributed by atoms with Crippen LogP contribution >= 0.6 is 0 Å². The van der Waals surface area contributed by atoms with Gasteiger partial charge < -0.3 is 5.32 Å². The molecule has 0 aromatic heterocycles. The van der Waals surface area contributed by atoms with E-state index in [9.17, 15) is 0 Å². The topological polar surface area (TPSA) is 12.0 Å². The van der Waals surface area contributed by atoms with Crippen LogP contribution in [0.15, 0.2) is 0 Å². The Morgan fingerprint density at radius 3 is 2.00 bits per heavy atom. The zero-order valence-corrected chi connectivity index (χ0v) is 11.5. The largest absolute Gasteiger partial charge is 0.309 e. The molecule has 1 aliphatic rings. The minimum Gasteiger partial charge on any atom is -0.309 e. The maximum absolute atomic E-state index is 3.80. The van der Waals surface area contributed by atoms with Crippen LogP contribution in [-0.4, -0.2) is 11.6 Å². The van der Waals surface area contributed by atoms with E-state index in [-0.39, 0.29) is 0 Å². The summed E-state index contributed by atoms with van der Waals surface area (Å²) in [5.74, 6) is 0.750. The Bertz CT molecular complexity index is 199. The predicted octanol–water partition coefficient (Wildman–Crippen LogP) is 3.98. The Labute approximate surface area is 96.0 Å². The highest BCUT2D eigenvalue weighted by Crippen LogP contribution is 2.36. The molecular weight excluding hydrogens is 182 g/mol. The van der Waals surface area contributed by atoms with Gasteiger partial charge in [0.1, 0.15) is 0 Å². The van der Waals surface area contributed by atoms with Gasteiger partial charge in [0.15, 0.2) is 0 Å². The lowest BCUT2D eigenvalue weighted by molar-refractivity contribution is 0.139. The molecule has 0 amide bonds. The molecule has 0 saturated heterocycles. The highest BCUT2D eigenvalue weighted by atomic mass is 15.0. The van der Waals surface area contributed by atoms with E-state index < -0.39 is 0 Å². The molecule has 1 N–H and O–H groups in total. The fraction of sp³-hybridized carbons (Fsp3) is 1.00. The molecule has 1 saturated carbocycles. The fourth-order valence-electron chi connectivity index (χ4n) is 2.50. The van der Waals surface area contributed by atoms with Gasteiger partial charge in [-0.3, -0.25) is 0 Å². The number of nitrogens with one attached hydrogen (secondary N) is 1. The number of hydrogen-bond donors (Lipinski definition) is 1. The SMILES string of the molecule is CC(C)C(C)(C)CC(C)(C)NC1CCC1. The second-order valence-corrected chi connectivity index (χ2v) is 6.98. The van der Waals surface area contributed by atoms with E-state index in [2.05, 4.69) is 46.9 Å². The van der Waals surface area contributed by atoms with Crippen molar-refractivity contribution in [3.63, 3.8) is 0 Å². The first-order valence-electron chi connectivity index (χ1n) is 6.51. The molecule has 90 valence electrons. The maximum Gasteiger partial charge on any atom is 0.0132 e. The van der Waals surface area contributed by atoms with Crippen molar-refractivity contribution in [2.24, 2.45) is 11.3 Å². The van der Waals surface area contributed by atoms with Crippen molar-refractivity contribution in [2.45, 2.75) is 78.8 Å². The van der Waals surface area contributed by atoms with Gasteiger partial charge in [-0.15, -0.1) is 0 Å². The zero-order chi connectivity index (χ0) is 11.7. The lowest BCUT2D eigenvalue weighted by atomic mass is 9.72. The summed E-state index contributed by atoms with van der Waals surface area (Å²) in [6.07, 6.45) is 5.44. The van der Waals surface area contributed by atoms with Crippen molar-refractivity contribution < 1.29 is 0 Å². The summed E-state index contributed by atoms with van der Waals surface area (Å²) in [7, 11) is 0. The van der Waals surface area contributed by atoms with Crippen molar-refractivity contribution in [2.75, 3.05) is 0 Å². The second kappa shape index (κ2) is 4.45. The summed E-state index contributed by atoms with van der Waals surface area (Å²) in [6.45, 7) is 14.2. The Morgan fingerprint density at radius 1 is 1.13 bits per heavy atom. The van der Waals surface area contributed by atoms with Crippen LogP contribution in [0.3, 0.4) is 0 Å². The van der Waals surface area contributed by atoms with E-state index >= 15 is 0 Å². The van der Waals surface area contributed by atoms with Gasteiger partial charge in [-0.05, 0) is 44.4 Å². The van der Waals surface area contributed by atoms with Crippen LogP contribution in [0.2, 0.25) is 0 Å². The Balaban J connectivity index is 2.46. The highest BCUT2D eigenvalue weighted by molar-refractivity contribution is 4.91. The summed E-state index contributed by atoms with van der Waals surface area (Å²) in [4.78, 5) is 0. The molecule has 0 unspecified atom stereocenters. The molecule has 15 heavy (non-hydrogen) atoms. The average Bonchev–Trinajstić information content (AvgIpc) is 1.95. The molecule has 0 aromatic carbocycles. The van der Waals surface area contributed by atoms with Crippen molar-refractivity contribution in [1.82, 2.24) is 5.32 Å². The van der Waals surface area contributed by atoms with E-state index in [1.165, 1.54) is 25.7 Å². The maximum atomic E-state index is 3.80. The summed E-state index contributed by atoms with van der Waals surface area (Å²) >= 11 is 0. The smallest absolute Gasteiger partial charge is 0.0132 e. The van der Waals surface area contributed by atoms with Crippen LogP contribution < -0.4 is 5.32 Å². The van der Waals surface area contributed by atoms with Crippen LogP contribution in [-0.2, 0) is 0 Å². The minimum atomic E-state index is 0.291. The van der Waals surface area contributed by atoms with E-state index in [0.29, 0.717) is 11.0 Å². The molecular formula is C14H29N. The number of rotatable bonds is 5. The van der Waals surface area contributed by atoms with Gasteiger partial charge in [0.05, 0.1) is 0 Å². The second-order valence-electron chi connectivity index (χ2n) is 6.98. The van der Waals surface area contributed by atoms with E-state index in [1.807, 2.05) is 0 Å². The van der Waals surface area contributed by atoms with E-state index in [4.69, 9.17) is 0 Å². The molecule has 1 rings (SSSR count). The van der Waals surface area contributed by atoms with Gasteiger partial charge in [0.25, 0.3) is 0 Å². The lowest BCUT2D eigenvalue weighted by Gasteiger charge is -2.42. The third-order valence-electron chi connectivity index (χ3n) is 4.16. The third kappa shape index (κ3) is 3.79. The van der Waals surface area contributed by atoms with E-state index in [1.54, 1.807) is 0 Å². The molecule has 0 spiro atoms. The van der Waals surface area contributed by atoms with Crippen LogP contribution in [0.5, 0.6) is 0 Å². The summed E-state index contributed by atoms with van der Waals surface area (Å²) in [5.41, 5.74) is 0.721. The molecule has 0 atom stereocenters. The van der Waals surface area contributed by atoms with Crippen molar-refractivity contribution >= 4 is 0 Å². The molecule has 1 heteroatoms. The van der Waals surface area contributed by atoms with Crippen molar-refractivity contribution in [1.29, 1.82) is 0 Å².